The summed E-state index contributed by atoms with van der Waals surface area (Å²) < 4.78 is 10.6. The molecule has 116 valence electrons. The smallest absolute Gasteiger partial charge is 0.244 e. The number of ether oxygens (including phenoxy) is 2. The van der Waals surface area contributed by atoms with E-state index in [0.29, 0.717) is 18.0 Å². The molecule has 0 spiro atoms. The van der Waals surface area contributed by atoms with E-state index in [1.54, 1.807) is 31.6 Å². The highest BCUT2D eigenvalue weighted by atomic mass is 32.1. The van der Waals surface area contributed by atoms with Crippen molar-refractivity contribution >= 4 is 23.3 Å². The number of hydrogen-bond acceptors (Lipinski definition) is 4. The van der Waals surface area contributed by atoms with Gasteiger partial charge in [0.25, 0.3) is 0 Å². The van der Waals surface area contributed by atoms with Gasteiger partial charge in [0, 0.05) is 18.2 Å². The summed E-state index contributed by atoms with van der Waals surface area (Å²) >= 11 is 1.66. The molecule has 0 aliphatic heterocycles. The zero-order chi connectivity index (χ0) is 15.8. The van der Waals surface area contributed by atoms with Crippen molar-refractivity contribution in [1.82, 2.24) is 5.32 Å². The Morgan fingerprint density at radius 3 is 2.82 bits per heavy atom. The average Bonchev–Trinajstić information content (AvgIpc) is 3.05. The first-order chi connectivity index (χ1) is 10.7. The normalized spacial score (nSPS) is 10.6. The maximum atomic E-state index is 11.8. The van der Waals surface area contributed by atoms with Crippen LogP contribution in [0.15, 0.2) is 41.1 Å². The Morgan fingerprint density at radius 1 is 1.27 bits per heavy atom. The molecule has 0 saturated heterocycles. The second-order valence-corrected chi connectivity index (χ2v) is 5.37. The van der Waals surface area contributed by atoms with Crippen LogP contribution < -0.4 is 14.8 Å². The van der Waals surface area contributed by atoms with Crippen molar-refractivity contribution in [2.75, 3.05) is 20.8 Å². The summed E-state index contributed by atoms with van der Waals surface area (Å²) in [5.41, 5.74) is 2.04. The molecule has 1 amide bonds. The number of amides is 1. The quantitative estimate of drug-likeness (QED) is 0.798. The molecule has 0 fully saturated rings. The highest BCUT2D eigenvalue weighted by molar-refractivity contribution is 7.07. The van der Waals surface area contributed by atoms with Crippen LogP contribution >= 0.6 is 11.3 Å². The maximum absolute atomic E-state index is 11.8. The lowest BCUT2D eigenvalue weighted by molar-refractivity contribution is -0.116. The number of carbonyl (C=O) groups excluding carboxylic acids is 1. The first-order valence-electron chi connectivity index (χ1n) is 6.92. The van der Waals surface area contributed by atoms with E-state index in [2.05, 4.69) is 16.8 Å². The fourth-order valence-electron chi connectivity index (χ4n) is 2.03. The number of carbonyl (C=O) groups is 1. The molecule has 1 aromatic heterocycles. The molecule has 1 aromatic carbocycles. The van der Waals surface area contributed by atoms with Crippen molar-refractivity contribution in [1.29, 1.82) is 0 Å². The van der Waals surface area contributed by atoms with Crippen LogP contribution in [0.3, 0.4) is 0 Å². The van der Waals surface area contributed by atoms with Gasteiger partial charge in [0.2, 0.25) is 5.91 Å². The van der Waals surface area contributed by atoms with Crippen molar-refractivity contribution in [3.05, 3.63) is 52.2 Å². The van der Waals surface area contributed by atoms with Gasteiger partial charge < -0.3 is 14.8 Å². The molecule has 0 atom stereocenters. The van der Waals surface area contributed by atoms with E-state index in [4.69, 9.17) is 9.47 Å². The van der Waals surface area contributed by atoms with Gasteiger partial charge in [-0.25, -0.2) is 0 Å². The minimum Gasteiger partial charge on any atom is -0.493 e. The number of benzene rings is 1. The maximum Gasteiger partial charge on any atom is 0.244 e. The van der Waals surface area contributed by atoms with Crippen LogP contribution in [0.2, 0.25) is 0 Å². The fraction of sp³-hybridized carbons (Fsp3) is 0.235. The lowest BCUT2D eigenvalue weighted by Gasteiger charge is -2.09. The molecule has 0 bridgehead atoms. The predicted octanol–water partition coefficient (Wildman–Crippen LogP) is 3.14. The first kappa shape index (κ1) is 16.1. The van der Waals surface area contributed by atoms with Crippen molar-refractivity contribution < 1.29 is 14.3 Å². The number of hydrogen-bond donors (Lipinski definition) is 1. The molecule has 1 heterocycles. The van der Waals surface area contributed by atoms with Gasteiger partial charge in [-0.3, -0.25) is 4.79 Å². The second kappa shape index (κ2) is 8.24. The Balaban J connectivity index is 1.92. The van der Waals surface area contributed by atoms with Crippen LogP contribution in [0.4, 0.5) is 0 Å². The van der Waals surface area contributed by atoms with Crippen LogP contribution in [0.5, 0.6) is 11.5 Å². The summed E-state index contributed by atoms with van der Waals surface area (Å²) in [7, 11) is 3.17. The summed E-state index contributed by atoms with van der Waals surface area (Å²) in [6, 6.07) is 7.61. The third kappa shape index (κ3) is 4.36. The summed E-state index contributed by atoms with van der Waals surface area (Å²) in [5, 5.41) is 6.98. The van der Waals surface area contributed by atoms with Crippen molar-refractivity contribution in [2.45, 2.75) is 6.42 Å². The van der Waals surface area contributed by atoms with Crippen LogP contribution in [0.25, 0.3) is 6.08 Å². The van der Waals surface area contributed by atoms with Gasteiger partial charge in [0.15, 0.2) is 11.5 Å². The highest BCUT2D eigenvalue weighted by Gasteiger charge is 2.07. The van der Waals surface area contributed by atoms with E-state index in [0.717, 1.165) is 12.0 Å². The Labute approximate surface area is 134 Å². The summed E-state index contributed by atoms with van der Waals surface area (Å²) in [6.07, 6.45) is 4.07. The summed E-state index contributed by atoms with van der Waals surface area (Å²) in [5.74, 6) is 1.13. The molecule has 2 rings (SSSR count). The third-order valence-electron chi connectivity index (χ3n) is 3.14. The monoisotopic (exact) mass is 317 g/mol. The lowest BCUT2D eigenvalue weighted by Crippen LogP contribution is -2.23. The number of rotatable bonds is 7. The van der Waals surface area contributed by atoms with Gasteiger partial charge >= 0.3 is 0 Å². The first-order valence-corrected chi connectivity index (χ1v) is 7.87. The minimum atomic E-state index is -0.125. The Morgan fingerprint density at radius 2 is 2.14 bits per heavy atom. The Hall–Kier alpha value is -2.27. The van der Waals surface area contributed by atoms with Crippen molar-refractivity contribution in [3.8, 4) is 11.5 Å². The number of methoxy groups -OCH3 is 2. The highest BCUT2D eigenvalue weighted by Crippen LogP contribution is 2.31. The van der Waals surface area contributed by atoms with Gasteiger partial charge in [0.05, 0.1) is 14.2 Å². The van der Waals surface area contributed by atoms with Crippen molar-refractivity contribution in [2.24, 2.45) is 0 Å². The van der Waals surface area contributed by atoms with E-state index < -0.39 is 0 Å². The molecule has 0 saturated carbocycles. The minimum absolute atomic E-state index is 0.125. The molecular weight excluding hydrogens is 298 g/mol. The third-order valence-corrected chi connectivity index (χ3v) is 3.87. The number of nitrogens with one attached hydrogen (secondary N) is 1. The SMILES string of the molecule is COc1cccc(/C=C/C(=O)NCCc2ccsc2)c1OC. The second-order valence-electron chi connectivity index (χ2n) is 4.59. The predicted molar refractivity (Wildman–Crippen MR) is 89.6 cm³/mol. The Kier molecular flexibility index (Phi) is 6.03. The molecule has 0 radical (unpaired) electrons. The number of thiophene rings is 1. The van der Waals surface area contributed by atoms with E-state index in [1.807, 2.05) is 23.6 Å². The lowest BCUT2D eigenvalue weighted by atomic mass is 10.1. The van der Waals surface area contributed by atoms with E-state index >= 15 is 0 Å². The molecule has 0 aliphatic rings. The van der Waals surface area contributed by atoms with Gasteiger partial charge in [0.1, 0.15) is 0 Å². The zero-order valence-electron chi connectivity index (χ0n) is 12.7. The topological polar surface area (TPSA) is 47.6 Å². The molecule has 0 unspecified atom stereocenters. The van der Waals surface area contributed by atoms with Gasteiger partial charge in [-0.2, -0.15) is 11.3 Å². The van der Waals surface area contributed by atoms with Crippen LogP contribution in [0.1, 0.15) is 11.1 Å². The van der Waals surface area contributed by atoms with E-state index in [1.165, 1.54) is 11.6 Å². The van der Waals surface area contributed by atoms with Gasteiger partial charge in [-0.05, 0) is 41.0 Å². The molecule has 1 N–H and O–H groups in total. The molecule has 5 heteroatoms. The molecule has 4 nitrogen and oxygen atoms in total. The van der Waals surface area contributed by atoms with Crippen LogP contribution in [-0.4, -0.2) is 26.7 Å². The fourth-order valence-corrected chi connectivity index (χ4v) is 2.74. The molecule has 0 aliphatic carbocycles. The standard InChI is InChI=1S/C17H19NO3S/c1-20-15-5-3-4-14(17(15)21-2)6-7-16(19)18-10-8-13-9-11-22-12-13/h3-7,9,11-12H,8,10H2,1-2H3,(H,18,19)/b7-6+. The average molecular weight is 317 g/mol. The zero-order valence-corrected chi connectivity index (χ0v) is 13.5. The molecule has 2 aromatic rings. The number of para-hydroxylation sites is 1. The summed E-state index contributed by atoms with van der Waals surface area (Å²) in [4.78, 5) is 11.8. The Bertz CT molecular complexity index is 635. The molecular formula is C17H19NO3S. The van der Waals surface area contributed by atoms with Gasteiger partial charge in [-0.15, -0.1) is 0 Å². The van der Waals surface area contributed by atoms with Crippen LogP contribution in [0, 0.1) is 0 Å². The molecule has 22 heavy (non-hydrogen) atoms. The summed E-state index contributed by atoms with van der Waals surface area (Å²) in [6.45, 7) is 0.620. The largest absolute Gasteiger partial charge is 0.493 e. The van der Waals surface area contributed by atoms with E-state index in [9.17, 15) is 4.79 Å². The van der Waals surface area contributed by atoms with E-state index in [-0.39, 0.29) is 5.91 Å². The van der Waals surface area contributed by atoms with Crippen molar-refractivity contribution in [3.63, 3.8) is 0 Å². The van der Waals surface area contributed by atoms with Gasteiger partial charge in [-0.1, -0.05) is 12.1 Å². The van der Waals surface area contributed by atoms with Crippen LogP contribution in [-0.2, 0) is 11.2 Å².